The quantitative estimate of drug-likeness (QED) is 0.548. The van der Waals surface area contributed by atoms with Crippen LogP contribution in [0.2, 0.25) is 5.02 Å². The van der Waals surface area contributed by atoms with Gasteiger partial charge < -0.3 is 14.4 Å². The lowest BCUT2D eigenvalue weighted by Crippen LogP contribution is -2.24. The molecule has 140 valence electrons. The maximum Gasteiger partial charge on any atom is 0.258 e. The van der Waals surface area contributed by atoms with Crippen molar-refractivity contribution in [2.24, 2.45) is 0 Å². The summed E-state index contributed by atoms with van der Waals surface area (Å²) in [5.41, 5.74) is 3.68. The smallest absolute Gasteiger partial charge is 0.258 e. The predicted molar refractivity (Wildman–Crippen MR) is 107 cm³/mol. The normalized spacial score (nSPS) is 17.0. The van der Waals surface area contributed by atoms with Crippen molar-refractivity contribution in [2.45, 2.75) is 19.3 Å². The Morgan fingerprint density at radius 1 is 1.25 bits per heavy atom. The molecule has 0 bridgehead atoms. The van der Waals surface area contributed by atoms with Gasteiger partial charge in [0.15, 0.2) is 5.82 Å². The summed E-state index contributed by atoms with van der Waals surface area (Å²) in [5.74, 6) is 0.967. The average molecular weight is 393 g/mol. The second kappa shape index (κ2) is 6.49. The number of aryl methyl sites for hydroxylation is 1. The fourth-order valence-electron chi connectivity index (χ4n) is 3.71. The Morgan fingerprint density at radius 2 is 2.14 bits per heavy atom. The highest BCUT2D eigenvalue weighted by atomic mass is 35.5. The van der Waals surface area contributed by atoms with Crippen molar-refractivity contribution in [2.75, 3.05) is 11.4 Å². The van der Waals surface area contributed by atoms with Crippen LogP contribution in [0.1, 0.15) is 23.7 Å². The van der Waals surface area contributed by atoms with Crippen LogP contribution < -0.4 is 4.90 Å². The standard InChI is InChI=1S/C21H17ClN4O2/c1-12-9-14(5-6-17(12)22)26-11-13(10-19(26)27)20-24-21(28-25-20)16-3-2-4-18-15(16)7-8-23-18/h2-9,13,23H,10-11H2,1H3. The van der Waals surface area contributed by atoms with Gasteiger partial charge in [-0.25, -0.2) is 0 Å². The number of H-pyrrole nitrogens is 1. The van der Waals surface area contributed by atoms with Gasteiger partial charge in [-0.2, -0.15) is 4.98 Å². The molecule has 1 unspecified atom stereocenters. The molecule has 2 aromatic carbocycles. The molecule has 1 aliphatic rings. The Balaban J connectivity index is 1.43. The van der Waals surface area contributed by atoms with E-state index >= 15 is 0 Å². The number of aromatic amines is 1. The monoisotopic (exact) mass is 392 g/mol. The van der Waals surface area contributed by atoms with Gasteiger partial charge >= 0.3 is 0 Å². The number of benzene rings is 2. The number of halogens is 1. The molecule has 5 rings (SSSR count). The second-order valence-electron chi connectivity index (χ2n) is 7.04. The van der Waals surface area contributed by atoms with E-state index in [0.717, 1.165) is 27.7 Å². The molecule has 7 heteroatoms. The third-order valence-corrected chi connectivity index (χ3v) is 5.63. The van der Waals surface area contributed by atoms with Crippen molar-refractivity contribution in [1.29, 1.82) is 0 Å². The third kappa shape index (κ3) is 2.77. The van der Waals surface area contributed by atoms with Crippen molar-refractivity contribution in [3.63, 3.8) is 0 Å². The first kappa shape index (κ1) is 17.0. The van der Waals surface area contributed by atoms with E-state index in [2.05, 4.69) is 15.1 Å². The number of nitrogens with zero attached hydrogens (tertiary/aromatic N) is 3. The number of fused-ring (bicyclic) bond motifs is 1. The van der Waals surface area contributed by atoms with E-state index in [4.69, 9.17) is 16.1 Å². The van der Waals surface area contributed by atoms with Gasteiger partial charge in [-0.05, 0) is 48.9 Å². The second-order valence-corrected chi connectivity index (χ2v) is 7.45. The number of hydrogen-bond acceptors (Lipinski definition) is 4. The molecule has 0 spiro atoms. The zero-order valence-corrected chi connectivity index (χ0v) is 15.9. The largest absolute Gasteiger partial charge is 0.361 e. The molecule has 1 N–H and O–H groups in total. The average Bonchev–Trinajstić information content (AvgIpc) is 3.42. The molecular weight excluding hydrogens is 376 g/mol. The van der Waals surface area contributed by atoms with E-state index in [1.807, 2.05) is 55.6 Å². The number of carbonyl (C=O) groups is 1. The van der Waals surface area contributed by atoms with E-state index in [-0.39, 0.29) is 11.8 Å². The Morgan fingerprint density at radius 3 is 3.00 bits per heavy atom. The molecule has 1 aliphatic heterocycles. The first-order valence-corrected chi connectivity index (χ1v) is 9.44. The first-order valence-electron chi connectivity index (χ1n) is 9.07. The highest BCUT2D eigenvalue weighted by Crippen LogP contribution is 2.34. The summed E-state index contributed by atoms with van der Waals surface area (Å²) in [6, 6.07) is 13.5. The molecule has 0 aliphatic carbocycles. The number of amides is 1. The molecule has 28 heavy (non-hydrogen) atoms. The number of rotatable bonds is 3. The van der Waals surface area contributed by atoms with Crippen LogP contribution in [-0.4, -0.2) is 27.6 Å². The van der Waals surface area contributed by atoms with Crippen LogP contribution in [0.25, 0.3) is 22.4 Å². The van der Waals surface area contributed by atoms with Gasteiger partial charge in [-0.15, -0.1) is 0 Å². The van der Waals surface area contributed by atoms with Crippen molar-refractivity contribution >= 4 is 34.1 Å². The lowest BCUT2D eigenvalue weighted by molar-refractivity contribution is -0.117. The van der Waals surface area contributed by atoms with Crippen molar-refractivity contribution in [1.82, 2.24) is 15.1 Å². The lowest BCUT2D eigenvalue weighted by Gasteiger charge is -2.17. The molecule has 6 nitrogen and oxygen atoms in total. The lowest BCUT2D eigenvalue weighted by atomic mass is 10.1. The molecule has 1 saturated heterocycles. The van der Waals surface area contributed by atoms with Gasteiger partial charge in [0, 0.05) is 52.3 Å². The van der Waals surface area contributed by atoms with Crippen molar-refractivity contribution < 1.29 is 9.32 Å². The Hall–Kier alpha value is -3.12. The molecule has 0 saturated carbocycles. The number of anilines is 1. The fraction of sp³-hybridized carbons (Fsp3) is 0.190. The van der Waals surface area contributed by atoms with Gasteiger partial charge in [0.2, 0.25) is 5.91 Å². The number of hydrogen-bond donors (Lipinski definition) is 1. The summed E-state index contributed by atoms with van der Waals surface area (Å²) in [7, 11) is 0. The predicted octanol–water partition coefficient (Wildman–Crippen LogP) is 4.70. The molecule has 1 fully saturated rings. The van der Waals surface area contributed by atoms with E-state index in [1.54, 1.807) is 4.90 Å². The van der Waals surface area contributed by atoms with Crippen LogP contribution in [0.3, 0.4) is 0 Å². The van der Waals surface area contributed by atoms with E-state index in [9.17, 15) is 4.79 Å². The maximum atomic E-state index is 12.6. The summed E-state index contributed by atoms with van der Waals surface area (Å²) in [4.78, 5) is 22.1. The molecule has 3 heterocycles. The number of aromatic nitrogens is 3. The minimum Gasteiger partial charge on any atom is -0.361 e. The van der Waals surface area contributed by atoms with E-state index < -0.39 is 0 Å². The Bertz CT molecular complexity index is 1200. The van der Waals surface area contributed by atoms with Crippen LogP contribution in [0.15, 0.2) is 53.2 Å². The highest BCUT2D eigenvalue weighted by molar-refractivity contribution is 6.31. The van der Waals surface area contributed by atoms with Gasteiger partial charge in [-0.3, -0.25) is 4.79 Å². The molecule has 1 atom stereocenters. The third-order valence-electron chi connectivity index (χ3n) is 5.21. The Kier molecular flexibility index (Phi) is 3.94. The van der Waals surface area contributed by atoms with Crippen molar-refractivity contribution in [3.8, 4) is 11.5 Å². The van der Waals surface area contributed by atoms with Crippen LogP contribution >= 0.6 is 11.6 Å². The van der Waals surface area contributed by atoms with E-state index in [0.29, 0.717) is 29.7 Å². The molecular formula is C21H17ClN4O2. The van der Waals surface area contributed by atoms with Gasteiger partial charge in [0.1, 0.15) is 0 Å². The summed E-state index contributed by atoms with van der Waals surface area (Å²) in [6.45, 7) is 2.45. The Labute approximate surface area is 166 Å². The van der Waals surface area contributed by atoms with Crippen LogP contribution in [0.5, 0.6) is 0 Å². The molecule has 2 aromatic heterocycles. The molecule has 4 aromatic rings. The molecule has 0 radical (unpaired) electrons. The SMILES string of the molecule is Cc1cc(N2CC(c3noc(-c4cccc5[nH]ccc45)n3)CC2=O)ccc1Cl. The zero-order chi connectivity index (χ0) is 19.3. The number of nitrogens with one attached hydrogen (secondary N) is 1. The minimum absolute atomic E-state index is 0.0470. The number of carbonyl (C=O) groups excluding carboxylic acids is 1. The van der Waals surface area contributed by atoms with Gasteiger partial charge in [0.05, 0.1) is 0 Å². The first-order chi connectivity index (χ1) is 13.6. The van der Waals surface area contributed by atoms with Gasteiger partial charge in [-0.1, -0.05) is 22.8 Å². The molecule has 1 amide bonds. The topological polar surface area (TPSA) is 75.0 Å². The summed E-state index contributed by atoms with van der Waals surface area (Å²) in [6.07, 6.45) is 2.24. The summed E-state index contributed by atoms with van der Waals surface area (Å²) >= 11 is 6.10. The van der Waals surface area contributed by atoms with Crippen LogP contribution in [-0.2, 0) is 4.79 Å². The highest BCUT2D eigenvalue weighted by Gasteiger charge is 2.34. The van der Waals surface area contributed by atoms with Crippen LogP contribution in [0, 0.1) is 6.92 Å². The maximum absolute atomic E-state index is 12.6. The minimum atomic E-state index is -0.105. The van der Waals surface area contributed by atoms with Crippen LogP contribution in [0.4, 0.5) is 5.69 Å². The van der Waals surface area contributed by atoms with E-state index in [1.165, 1.54) is 0 Å². The summed E-state index contributed by atoms with van der Waals surface area (Å²) < 4.78 is 5.53. The van der Waals surface area contributed by atoms with Crippen molar-refractivity contribution in [3.05, 3.63) is 65.1 Å². The zero-order valence-electron chi connectivity index (χ0n) is 15.1. The van der Waals surface area contributed by atoms with Gasteiger partial charge in [0.25, 0.3) is 5.89 Å². The fourth-order valence-corrected chi connectivity index (χ4v) is 3.83. The summed E-state index contributed by atoms with van der Waals surface area (Å²) in [5, 5.41) is 5.88.